The van der Waals surface area contributed by atoms with E-state index in [0.717, 1.165) is 5.69 Å². The molecule has 2 aromatic heterocycles. The van der Waals surface area contributed by atoms with E-state index < -0.39 is 4.92 Å². The molecule has 7 heteroatoms. The van der Waals surface area contributed by atoms with Crippen LogP contribution in [-0.4, -0.2) is 20.3 Å². The third kappa shape index (κ3) is 3.66. The van der Waals surface area contributed by atoms with Crippen molar-refractivity contribution in [2.45, 2.75) is 20.0 Å². The minimum absolute atomic E-state index is 0.0623. The molecule has 7 nitrogen and oxygen atoms in total. The second-order valence-corrected chi connectivity index (χ2v) is 6.11. The van der Waals surface area contributed by atoms with Gasteiger partial charge in [0.05, 0.1) is 24.3 Å². The number of amides is 1. The summed E-state index contributed by atoms with van der Waals surface area (Å²) in [6.45, 7) is 2.29. The van der Waals surface area contributed by atoms with Crippen LogP contribution in [-0.2, 0) is 20.1 Å². The lowest BCUT2D eigenvalue weighted by Crippen LogP contribution is -2.30. The molecule has 0 bridgehead atoms. The number of benzene rings is 1. The van der Waals surface area contributed by atoms with Gasteiger partial charge in [0.1, 0.15) is 5.76 Å². The quantitative estimate of drug-likeness (QED) is 0.500. The number of hydrogen-bond donors (Lipinski definition) is 0. The van der Waals surface area contributed by atoms with Crippen molar-refractivity contribution in [1.29, 1.82) is 0 Å². The molecule has 0 fully saturated rings. The number of rotatable bonds is 6. The fourth-order valence-corrected chi connectivity index (χ4v) is 2.77. The fraction of sp³-hybridized carbons (Fsp3) is 0.211. The first kappa shape index (κ1) is 17.5. The molecule has 0 aliphatic heterocycles. The summed E-state index contributed by atoms with van der Waals surface area (Å²) in [5, 5.41) is 11.2. The molecule has 134 valence electrons. The van der Waals surface area contributed by atoms with Crippen LogP contribution in [0.1, 0.15) is 27.4 Å². The van der Waals surface area contributed by atoms with Crippen LogP contribution in [0.25, 0.3) is 0 Å². The first-order valence-electron chi connectivity index (χ1n) is 8.12. The van der Waals surface area contributed by atoms with Gasteiger partial charge in [-0.2, -0.15) is 0 Å². The molecule has 1 amide bonds. The lowest BCUT2D eigenvalue weighted by Gasteiger charge is -2.22. The van der Waals surface area contributed by atoms with Gasteiger partial charge in [-0.25, -0.2) is 0 Å². The zero-order valence-corrected chi connectivity index (χ0v) is 14.6. The van der Waals surface area contributed by atoms with E-state index in [1.165, 1.54) is 6.07 Å². The summed E-state index contributed by atoms with van der Waals surface area (Å²) in [4.78, 5) is 25.4. The highest BCUT2D eigenvalue weighted by molar-refractivity contribution is 5.95. The minimum Gasteiger partial charge on any atom is -0.467 e. The molecule has 0 N–H and O–H groups in total. The van der Waals surface area contributed by atoms with Crippen LogP contribution in [0.2, 0.25) is 0 Å². The van der Waals surface area contributed by atoms with Crippen molar-refractivity contribution in [3.63, 3.8) is 0 Å². The smallest absolute Gasteiger partial charge is 0.273 e. The van der Waals surface area contributed by atoms with Gasteiger partial charge in [0.2, 0.25) is 0 Å². The van der Waals surface area contributed by atoms with Crippen LogP contribution in [0, 0.1) is 17.0 Å². The number of hydrogen-bond acceptors (Lipinski definition) is 4. The molecule has 0 saturated heterocycles. The van der Waals surface area contributed by atoms with E-state index in [1.807, 2.05) is 29.9 Å². The zero-order valence-electron chi connectivity index (χ0n) is 14.6. The Labute approximate surface area is 150 Å². The maximum absolute atomic E-state index is 13.0. The Hall–Kier alpha value is -3.35. The molecule has 0 saturated carbocycles. The van der Waals surface area contributed by atoms with Gasteiger partial charge in [0.15, 0.2) is 0 Å². The van der Waals surface area contributed by atoms with Gasteiger partial charge in [-0.05, 0) is 37.3 Å². The molecule has 0 spiro atoms. The molecule has 2 heterocycles. The first-order chi connectivity index (χ1) is 12.5. The molecule has 0 unspecified atom stereocenters. The largest absolute Gasteiger partial charge is 0.467 e. The lowest BCUT2D eigenvalue weighted by atomic mass is 10.1. The monoisotopic (exact) mass is 353 g/mol. The molecule has 0 aliphatic rings. The van der Waals surface area contributed by atoms with Crippen molar-refractivity contribution >= 4 is 11.6 Å². The second kappa shape index (κ2) is 7.26. The number of carbonyl (C=O) groups is 1. The number of nitrogens with zero attached hydrogens (tertiary/aromatic N) is 3. The Kier molecular flexibility index (Phi) is 4.88. The lowest BCUT2D eigenvalue weighted by molar-refractivity contribution is -0.385. The third-order valence-corrected chi connectivity index (χ3v) is 4.27. The van der Waals surface area contributed by atoms with Crippen LogP contribution in [0.5, 0.6) is 0 Å². The summed E-state index contributed by atoms with van der Waals surface area (Å²) in [5.41, 5.74) is 1.69. The van der Waals surface area contributed by atoms with E-state index in [1.54, 1.807) is 42.4 Å². The van der Waals surface area contributed by atoms with E-state index in [2.05, 4.69) is 0 Å². The van der Waals surface area contributed by atoms with E-state index in [9.17, 15) is 14.9 Å². The predicted molar refractivity (Wildman–Crippen MR) is 95.5 cm³/mol. The third-order valence-electron chi connectivity index (χ3n) is 4.27. The number of aryl methyl sites for hydroxylation is 2. The number of nitro groups is 1. The standard InChI is InChI=1S/C19H19N3O4/c1-14-7-8-15(11-18(14)22(24)25)19(23)21(13-17-6-4-10-26-17)12-16-5-3-9-20(16)2/h3-11H,12-13H2,1-2H3. The molecule has 3 aromatic rings. The van der Waals surface area contributed by atoms with Crippen LogP contribution < -0.4 is 0 Å². The fourth-order valence-electron chi connectivity index (χ4n) is 2.77. The summed E-state index contributed by atoms with van der Waals surface area (Å²) in [7, 11) is 1.90. The van der Waals surface area contributed by atoms with E-state index in [4.69, 9.17) is 4.42 Å². The van der Waals surface area contributed by atoms with Gasteiger partial charge in [-0.15, -0.1) is 0 Å². The van der Waals surface area contributed by atoms with Gasteiger partial charge >= 0.3 is 0 Å². The highest BCUT2D eigenvalue weighted by Crippen LogP contribution is 2.22. The summed E-state index contributed by atoms with van der Waals surface area (Å²) in [6.07, 6.45) is 3.46. The van der Waals surface area contributed by atoms with Gasteiger partial charge < -0.3 is 13.9 Å². The average Bonchev–Trinajstić information content (AvgIpc) is 3.26. The van der Waals surface area contributed by atoms with Crippen molar-refractivity contribution in [3.05, 3.63) is 87.6 Å². The van der Waals surface area contributed by atoms with Crippen LogP contribution in [0.15, 0.2) is 59.3 Å². The molecule has 0 aliphatic carbocycles. The molecular formula is C19H19N3O4. The van der Waals surface area contributed by atoms with Crippen molar-refractivity contribution in [2.24, 2.45) is 7.05 Å². The van der Waals surface area contributed by atoms with Gasteiger partial charge in [-0.3, -0.25) is 14.9 Å². The van der Waals surface area contributed by atoms with Crippen LogP contribution in [0.4, 0.5) is 5.69 Å². The number of aromatic nitrogens is 1. The van der Waals surface area contributed by atoms with Crippen molar-refractivity contribution in [1.82, 2.24) is 9.47 Å². The summed E-state index contributed by atoms with van der Waals surface area (Å²) in [6, 6.07) is 11.9. The Morgan fingerprint density at radius 2 is 2.04 bits per heavy atom. The van der Waals surface area contributed by atoms with Crippen LogP contribution in [0.3, 0.4) is 0 Å². The number of furan rings is 1. The molecule has 0 atom stereocenters. The van der Waals surface area contributed by atoms with E-state index in [0.29, 0.717) is 17.9 Å². The highest BCUT2D eigenvalue weighted by Gasteiger charge is 2.21. The number of carbonyl (C=O) groups excluding carboxylic acids is 1. The van der Waals surface area contributed by atoms with Crippen molar-refractivity contribution in [2.75, 3.05) is 0 Å². The molecular weight excluding hydrogens is 334 g/mol. The molecule has 26 heavy (non-hydrogen) atoms. The maximum Gasteiger partial charge on any atom is 0.273 e. The number of nitro benzene ring substituents is 1. The maximum atomic E-state index is 13.0. The first-order valence-corrected chi connectivity index (χ1v) is 8.12. The van der Waals surface area contributed by atoms with Crippen LogP contribution >= 0.6 is 0 Å². The second-order valence-electron chi connectivity index (χ2n) is 6.11. The SMILES string of the molecule is Cc1ccc(C(=O)N(Cc2ccco2)Cc2cccn2C)cc1[N+](=O)[O-]. The molecule has 0 radical (unpaired) electrons. The Bertz CT molecular complexity index is 928. The van der Waals surface area contributed by atoms with Gasteiger partial charge in [-0.1, -0.05) is 6.07 Å². The van der Waals surface area contributed by atoms with E-state index >= 15 is 0 Å². The topological polar surface area (TPSA) is 81.5 Å². The van der Waals surface area contributed by atoms with Crippen molar-refractivity contribution < 1.29 is 14.1 Å². The van der Waals surface area contributed by atoms with Crippen molar-refractivity contribution in [3.8, 4) is 0 Å². The summed E-state index contributed by atoms with van der Waals surface area (Å²) < 4.78 is 7.30. The Balaban J connectivity index is 1.92. The predicted octanol–water partition coefficient (Wildman–Crippen LogP) is 3.68. The normalized spacial score (nSPS) is 10.7. The Morgan fingerprint density at radius 1 is 1.23 bits per heavy atom. The summed E-state index contributed by atoms with van der Waals surface area (Å²) >= 11 is 0. The zero-order chi connectivity index (χ0) is 18.7. The molecule has 3 rings (SSSR count). The Morgan fingerprint density at radius 3 is 2.65 bits per heavy atom. The minimum atomic E-state index is -0.472. The molecule has 1 aromatic carbocycles. The average molecular weight is 353 g/mol. The van der Waals surface area contributed by atoms with Gasteiger partial charge in [0, 0.05) is 36.1 Å². The summed E-state index contributed by atoms with van der Waals surface area (Å²) in [5.74, 6) is 0.361. The van der Waals surface area contributed by atoms with Gasteiger partial charge in [0.25, 0.3) is 11.6 Å². The van der Waals surface area contributed by atoms with E-state index in [-0.39, 0.29) is 23.7 Å². The highest BCUT2D eigenvalue weighted by atomic mass is 16.6.